The fourth-order valence-corrected chi connectivity index (χ4v) is 6.35. The van der Waals surface area contributed by atoms with Crippen LogP contribution in [0, 0.1) is 6.92 Å². The Kier molecular flexibility index (Phi) is 5.90. The number of rotatable bonds is 5. The number of hydrogen-bond donors (Lipinski definition) is 2. The SMILES string of the molecule is Cc1nn(C(C)C)cc1-c1nc2nccc(-c3ccc4c(c3)CCC[C@]43CC3NC(=O)c3nc(C(C)(C)C)no3)c2[nH]1. The Balaban J connectivity index is 1.16. The molecule has 216 valence electrons. The highest BCUT2D eigenvalue weighted by atomic mass is 16.5. The molecule has 42 heavy (non-hydrogen) atoms. The predicted octanol–water partition coefficient (Wildman–Crippen LogP) is 5.83. The highest BCUT2D eigenvalue weighted by molar-refractivity contribution is 5.92. The minimum Gasteiger partial charge on any atom is -0.344 e. The summed E-state index contributed by atoms with van der Waals surface area (Å²) in [6.45, 7) is 12.2. The van der Waals surface area contributed by atoms with E-state index in [1.807, 2.05) is 50.8 Å². The number of carbonyl (C=O) groups excluding carboxylic acids is 1. The van der Waals surface area contributed by atoms with Crippen LogP contribution in [-0.4, -0.2) is 46.8 Å². The summed E-state index contributed by atoms with van der Waals surface area (Å²) in [5.41, 5.74) is 8.06. The molecule has 5 aromatic rings. The van der Waals surface area contributed by atoms with Crippen molar-refractivity contribution < 1.29 is 9.32 Å². The van der Waals surface area contributed by atoms with Gasteiger partial charge in [-0.3, -0.25) is 9.48 Å². The smallest absolute Gasteiger partial charge is 0.315 e. The fourth-order valence-electron chi connectivity index (χ4n) is 6.35. The molecular formula is C32H36N8O2. The highest BCUT2D eigenvalue weighted by Crippen LogP contribution is 2.56. The number of H-pyrrole nitrogens is 1. The second-order valence-corrected chi connectivity index (χ2v) is 13.1. The summed E-state index contributed by atoms with van der Waals surface area (Å²) in [5, 5.41) is 11.8. The van der Waals surface area contributed by atoms with Crippen LogP contribution >= 0.6 is 0 Å². The van der Waals surface area contributed by atoms with Gasteiger partial charge in [-0.25, -0.2) is 9.97 Å². The monoisotopic (exact) mass is 564 g/mol. The molecule has 1 fully saturated rings. The molecule has 0 bridgehead atoms. The number of carbonyl (C=O) groups is 1. The van der Waals surface area contributed by atoms with Crippen molar-refractivity contribution in [3.8, 4) is 22.5 Å². The van der Waals surface area contributed by atoms with E-state index >= 15 is 0 Å². The maximum absolute atomic E-state index is 13.0. The number of pyridine rings is 1. The van der Waals surface area contributed by atoms with E-state index in [0.717, 1.165) is 59.4 Å². The largest absolute Gasteiger partial charge is 0.344 e. The number of benzene rings is 1. The number of nitrogens with one attached hydrogen (secondary N) is 2. The van der Waals surface area contributed by atoms with Crippen molar-refractivity contribution in [1.82, 2.24) is 40.2 Å². The number of aromatic nitrogens is 7. The van der Waals surface area contributed by atoms with E-state index in [9.17, 15) is 4.79 Å². The summed E-state index contributed by atoms with van der Waals surface area (Å²) in [6, 6.07) is 9.12. The molecule has 0 saturated heterocycles. The normalized spacial score (nSPS) is 19.9. The Morgan fingerprint density at radius 3 is 2.76 bits per heavy atom. The molecule has 2 aliphatic carbocycles. The first kappa shape index (κ1) is 26.6. The highest BCUT2D eigenvalue weighted by Gasteiger charge is 2.57. The van der Waals surface area contributed by atoms with E-state index in [1.165, 1.54) is 11.1 Å². The minimum atomic E-state index is -0.299. The van der Waals surface area contributed by atoms with Gasteiger partial charge < -0.3 is 14.8 Å². The Bertz CT molecular complexity index is 1840. The van der Waals surface area contributed by atoms with Crippen LogP contribution in [0.4, 0.5) is 0 Å². The lowest BCUT2D eigenvalue weighted by Gasteiger charge is -2.27. The molecule has 1 spiro atoms. The van der Waals surface area contributed by atoms with E-state index < -0.39 is 0 Å². The molecule has 10 nitrogen and oxygen atoms in total. The van der Waals surface area contributed by atoms with Gasteiger partial charge in [0.1, 0.15) is 5.82 Å². The van der Waals surface area contributed by atoms with Crippen molar-refractivity contribution in [3.63, 3.8) is 0 Å². The number of imidazole rings is 1. The van der Waals surface area contributed by atoms with Crippen LogP contribution in [0.15, 0.2) is 41.2 Å². The van der Waals surface area contributed by atoms with E-state index in [4.69, 9.17) is 9.51 Å². The van der Waals surface area contributed by atoms with Crippen LogP contribution in [0.3, 0.4) is 0 Å². The second kappa shape index (κ2) is 9.34. The first-order chi connectivity index (χ1) is 20.0. The maximum atomic E-state index is 13.0. The van der Waals surface area contributed by atoms with Crippen molar-refractivity contribution in [2.45, 2.75) is 90.1 Å². The predicted molar refractivity (Wildman–Crippen MR) is 159 cm³/mol. The number of aryl methyl sites for hydroxylation is 2. The number of fused-ring (bicyclic) bond motifs is 3. The summed E-state index contributed by atoms with van der Waals surface area (Å²) in [7, 11) is 0. The molecule has 2 atom stereocenters. The number of hydrogen-bond acceptors (Lipinski definition) is 7. The summed E-state index contributed by atoms with van der Waals surface area (Å²) in [6.07, 6.45) is 7.93. The average molecular weight is 565 g/mol. The van der Waals surface area contributed by atoms with Gasteiger partial charge in [0.25, 0.3) is 0 Å². The van der Waals surface area contributed by atoms with Gasteiger partial charge in [0.05, 0.1) is 16.8 Å². The zero-order chi connectivity index (χ0) is 29.4. The van der Waals surface area contributed by atoms with E-state index in [1.54, 1.807) is 0 Å². The molecule has 2 N–H and O–H groups in total. The lowest BCUT2D eigenvalue weighted by Crippen LogP contribution is -2.33. The molecule has 0 radical (unpaired) electrons. The molecule has 2 aliphatic rings. The van der Waals surface area contributed by atoms with Crippen molar-refractivity contribution in [2.75, 3.05) is 0 Å². The lowest BCUT2D eigenvalue weighted by molar-refractivity contribution is 0.0903. The van der Waals surface area contributed by atoms with Gasteiger partial charge in [0, 0.05) is 40.9 Å². The Hall–Kier alpha value is -4.34. The van der Waals surface area contributed by atoms with Gasteiger partial charge in [-0.15, -0.1) is 0 Å². The average Bonchev–Trinajstić information content (AvgIpc) is 3.40. The maximum Gasteiger partial charge on any atom is 0.315 e. The van der Waals surface area contributed by atoms with E-state index in [0.29, 0.717) is 11.5 Å². The van der Waals surface area contributed by atoms with Crippen LogP contribution in [0.5, 0.6) is 0 Å². The van der Waals surface area contributed by atoms with E-state index in [-0.39, 0.29) is 34.7 Å². The molecule has 4 heterocycles. The topological polar surface area (TPSA) is 127 Å². The molecule has 1 amide bonds. The first-order valence-corrected chi connectivity index (χ1v) is 14.7. The molecule has 4 aromatic heterocycles. The van der Waals surface area contributed by atoms with Gasteiger partial charge in [-0.2, -0.15) is 10.1 Å². The summed E-state index contributed by atoms with van der Waals surface area (Å²) in [5.74, 6) is 1.04. The number of amides is 1. The van der Waals surface area contributed by atoms with Gasteiger partial charge in [-0.05, 0) is 69.2 Å². The molecule has 1 saturated carbocycles. The van der Waals surface area contributed by atoms with Gasteiger partial charge >= 0.3 is 11.8 Å². The third kappa shape index (κ3) is 4.31. The third-order valence-electron chi connectivity index (χ3n) is 8.79. The standard InChI is InChI=1S/C32H36N8O2/c1-17(2)40-16-22(18(3)38-40)26-35-25-21(11-13-33-27(25)36-26)19-9-10-23-20(14-19)8-7-12-32(23)15-24(32)34-28(41)29-37-30(39-42-29)31(4,5)6/h9-11,13-14,16-17,24H,7-8,12,15H2,1-6H3,(H,34,41)(H,33,35,36)/t24?,32-/m0/s1. The molecule has 0 aliphatic heterocycles. The Morgan fingerprint density at radius 2 is 2.02 bits per heavy atom. The third-order valence-corrected chi connectivity index (χ3v) is 8.79. The summed E-state index contributed by atoms with van der Waals surface area (Å²) in [4.78, 5) is 30.2. The van der Waals surface area contributed by atoms with Crippen molar-refractivity contribution in [3.05, 3.63) is 65.2 Å². The Labute approximate surface area is 244 Å². The van der Waals surface area contributed by atoms with Crippen molar-refractivity contribution >= 4 is 17.1 Å². The summed E-state index contributed by atoms with van der Waals surface area (Å²) < 4.78 is 7.25. The molecule has 1 unspecified atom stereocenters. The zero-order valence-electron chi connectivity index (χ0n) is 24.9. The molecule has 10 heteroatoms. The zero-order valence-corrected chi connectivity index (χ0v) is 24.9. The minimum absolute atomic E-state index is 0.0285. The van der Waals surface area contributed by atoms with E-state index in [2.05, 4.69) is 62.6 Å². The quantitative estimate of drug-likeness (QED) is 0.275. The first-order valence-electron chi connectivity index (χ1n) is 14.7. The second-order valence-electron chi connectivity index (χ2n) is 13.1. The van der Waals surface area contributed by atoms with Gasteiger partial charge in [0.2, 0.25) is 0 Å². The van der Waals surface area contributed by atoms with Crippen LogP contribution in [0.2, 0.25) is 0 Å². The fraction of sp³-hybridized carbons (Fsp3) is 0.438. The van der Waals surface area contributed by atoms with Crippen LogP contribution in [0.25, 0.3) is 33.7 Å². The lowest BCUT2D eigenvalue weighted by atomic mass is 9.78. The van der Waals surface area contributed by atoms with Crippen LogP contribution < -0.4 is 5.32 Å². The number of nitrogens with zero attached hydrogens (tertiary/aromatic N) is 6. The summed E-state index contributed by atoms with van der Waals surface area (Å²) >= 11 is 0. The van der Waals surface area contributed by atoms with Crippen molar-refractivity contribution in [2.24, 2.45) is 0 Å². The van der Waals surface area contributed by atoms with Crippen molar-refractivity contribution in [1.29, 1.82) is 0 Å². The molecular weight excluding hydrogens is 528 g/mol. The Morgan fingerprint density at radius 1 is 1.19 bits per heavy atom. The number of aromatic amines is 1. The molecule has 7 rings (SSSR count). The van der Waals surface area contributed by atoms with Crippen LogP contribution in [-0.2, 0) is 17.3 Å². The van der Waals surface area contributed by atoms with Crippen LogP contribution in [0.1, 0.15) is 93.3 Å². The molecule has 1 aromatic carbocycles. The van der Waals surface area contributed by atoms with Gasteiger partial charge in [-0.1, -0.05) is 44.1 Å². The van der Waals surface area contributed by atoms with Gasteiger partial charge in [0.15, 0.2) is 11.5 Å².